The van der Waals surface area contributed by atoms with Gasteiger partial charge in [-0.05, 0) is 58.2 Å². The highest BCUT2D eigenvalue weighted by atomic mass is 127. The molecule has 0 atom stereocenters. The third-order valence-corrected chi connectivity index (χ3v) is 3.58. The second-order valence-electron chi connectivity index (χ2n) is 5.64. The molecule has 0 saturated heterocycles. The minimum Gasteiger partial charge on any atom is -0.490 e. The van der Waals surface area contributed by atoms with Gasteiger partial charge in [0.1, 0.15) is 0 Å². The van der Waals surface area contributed by atoms with E-state index in [1.165, 1.54) is 5.56 Å². The molecule has 0 aliphatic carbocycles. The molecule has 0 fully saturated rings. The molecule has 0 aliphatic rings. The van der Waals surface area contributed by atoms with E-state index in [-0.39, 0.29) is 24.0 Å². The van der Waals surface area contributed by atoms with Crippen LogP contribution in [0, 0.1) is 0 Å². The van der Waals surface area contributed by atoms with Crippen molar-refractivity contribution in [3.63, 3.8) is 0 Å². The van der Waals surface area contributed by atoms with Crippen LogP contribution in [0.4, 0.5) is 0 Å². The van der Waals surface area contributed by atoms with Gasteiger partial charge >= 0.3 is 0 Å². The van der Waals surface area contributed by atoms with Crippen molar-refractivity contribution >= 4 is 29.9 Å². The molecule has 0 radical (unpaired) electrons. The van der Waals surface area contributed by atoms with Crippen LogP contribution in [-0.2, 0) is 11.2 Å². The number of rotatable bonds is 13. The lowest BCUT2D eigenvalue weighted by atomic mass is 10.1. The van der Waals surface area contributed by atoms with E-state index in [0.717, 1.165) is 63.1 Å². The predicted octanol–water partition coefficient (Wildman–Crippen LogP) is 3.63. The average Bonchev–Trinajstić information content (AvgIpc) is 2.64. The highest BCUT2D eigenvalue weighted by Gasteiger charge is 2.06. The largest absolute Gasteiger partial charge is 0.490 e. The summed E-state index contributed by atoms with van der Waals surface area (Å²) in [6.07, 6.45) is 1.82. The van der Waals surface area contributed by atoms with E-state index in [4.69, 9.17) is 14.2 Å². The predicted molar refractivity (Wildman–Crippen MR) is 123 cm³/mol. The molecular formula is C20H36IN3O3. The molecule has 1 rings (SSSR count). The first-order valence-electron chi connectivity index (χ1n) is 9.73. The van der Waals surface area contributed by atoms with E-state index in [2.05, 4.69) is 34.7 Å². The Bertz CT molecular complexity index is 527. The Kier molecular flexibility index (Phi) is 16.2. The molecule has 0 aliphatic heterocycles. The summed E-state index contributed by atoms with van der Waals surface area (Å²) in [5.74, 6) is 2.46. The van der Waals surface area contributed by atoms with Gasteiger partial charge in [-0.1, -0.05) is 6.07 Å². The van der Waals surface area contributed by atoms with E-state index >= 15 is 0 Å². The van der Waals surface area contributed by atoms with Gasteiger partial charge in [-0.2, -0.15) is 0 Å². The van der Waals surface area contributed by atoms with Crippen LogP contribution in [0.5, 0.6) is 11.5 Å². The zero-order valence-electron chi connectivity index (χ0n) is 17.2. The molecule has 0 bridgehead atoms. The maximum Gasteiger partial charge on any atom is 0.191 e. The van der Waals surface area contributed by atoms with Gasteiger partial charge in [0.05, 0.1) is 13.2 Å². The van der Waals surface area contributed by atoms with Gasteiger partial charge < -0.3 is 24.8 Å². The standard InChI is InChI=1S/C20H35N3O3.HI/c1-5-21-20(22-13-9-15-24-6-2)23-14-12-17-10-11-18(25-7-3)19(16-17)26-8-4;/h10-11,16H,5-9,12-15H2,1-4H3,(H2,21,22,23);1H. The van der Waals surface area contributed by atoms with Gasteiger partial charge in [0.25, 0.3) is 0 Å². The third kappa shape index (κ3) is 11.3. The number of aliphatic imine (C=N–C) groups is 1. The number of ether oxygens (including phenoxy) is 3. The van der Waals surface area contributed by atoms with Crippen molar-refractivity contribution in [1.29, 1.82) is 0 Å². The number of hydrogen-bond acceptors (Lipinski definition) is 4. The van der Waals surface area contributed by atoms with Crippen LogP contribution in [0.2, 0.25) is 0 Å². The monoisotopic (exact) mass is 493 g/mol. The Labute approximate surface area is 181 Å². The quantitative estimate of drug-likeness (QED) is 0.190. The Morgan fingerprint density at radius 1 is 0.963 bits per heavy atom. The fourth-order valence-electron chi connectivity index (χ4n) is 2.42. The SMILES string of the molecule is CCNC(=NCCCOCC)NCCc1ccc(OCC)c(OCC)c1.I. The van der Waals surface area contributed by atoms with Crippen LogP contribution in [0.15, 0.2) is 23.2 Å². The average molecular weight is 493 g/mol. The summed E-state index contributed by atoms with van der Waals surface area (Å²) < 4.78 is 16.6. The smallest absolute Gasteiger partial charge is 0.191 e. The molecule has 156 valence electrons. The van der Waals surface area contributed by atoms with Crippen molar-refractivity contribution in [3.8, 4) is 11.5 Å². The summed E-state index contributed by atoms with van der Waals surface area (Å²) in [6, 6.07) is 6.13. The molecule has 6 nitrogen and oxygen atoms in total. The molecule has 1 aromatic carbocycles. The first kappa shape index (κ1) is 25.8. The molecule has 27 heavy (non-hydrogen) atoms. The van der Waals surface area contributed by atoms with Gasteiger partial charge in [0, 0.05) is 32.8 Å². The second-order valence-corrected chi connectivity index (χ2v) is 5.64. The minimum atomic E-state index is 0. The van der Waals surface area contributed by atoms with Crippen molar-refractivity contribution in [2.45, 2.75) is 40.5 Å². The number of nitrogens with one attached hydrogen (secondary N) is 2. The highest BCUT2D eigenvalue weighted by Crippen LogP contribution is 2.28. The second kappa shape index (κ2) is 16.9. The Hall–Kier alpha value is -1.22. The summed E-state index contributed by atoms with van der Waals surface area (Å²) in [7, 11) is 0. The topological polar surface area (TPSA) is 64.1 Å². The summed E-state index contributed by atoms with van der Waals surface area (Å²) in [6.45, 7) is 13.2. The molecule has 0 saturated carbocycles. The third-order valence-electron chi connectivity index (χ3n) is 3.58. The van der Waals surface area contributed by atoms with Gasteiger partial charge in [0.2, 0.25) is 0 Å². The van der Waals surface area contributed by atoms with Gasteiger partial charge in [0.15, 0.2) is 17.5 Å². The molecule has 0 aromatic heterocycles. The zero-order chi connectivity index (χ0) is 19.0. The molecule has 1 aromatic rings. The summed E-state index contributed by atoms with van der Waals surface area (Å²) in [4.78, 5) is 4.57. The van der Waals surface area contributed by atoms with E-state index < -0.39 is 0 Å². The van der Waals surface area contributed by atoms with Crippen molar-refractivity contribution in [2.75, 3.05) is 46.1 Å². The number of hydrogen-bond donors (Lipinski definition) is 2. The summed E-state index contributed by atoms with van der Waals surface area (Å²) in [5, 5.41) is 6.65. The Balaban J connectivity index is 0.00000676. The van der Waals surface area contributed by atoms with Crippen LogP contribution in [0.1, 0.15) is 39.7 Å². The van der Waals surface area contributed by atoms with Crippen molar-refractivity contribution < 1.29 is 14.2 Å². The molecule has 7 heteroatoms. The van der Waals surface area contributed by atoms with Crippen LogP contribution in [0.25, 0.3) is 0 Å². The lowest BCUT2D eigenvalue weighted by Gasteiger charge is -2.14. The molecule has 0 heterocycles. The zero-order valence-corrected chi connectivity index (χ0v) is 19.5. The van der Waals surface area contributed by atoms with E-state index in [9.17, 15) is 0 Å². The van der Waals surface area contributed by atoms with Crippen LogP contribution in [-0.4, -0.2) is 52.0 Å². The first-order valence-corrected chi connectivity index (χ1v) is 9.73. The van der Waals surface area contributed by atoms with Crippen molar-refractivity contribution in [2.24, 2.45) is 4.99 Å². The Morgan fingerprint density at radius 2 is 1.70 bits per heavy atom. The maximum atomic E-state index is 5.69. The van der Waals surface area contributed by atoms with Gasteiger partial charge in [-0.3, -0.25) is 4.99 Å². The number of halogens is 1. The van der Waals surface area contributed by atoms with Gasteiger partial charge in [-0.25, -0.2) is 0 Å². The lowest BCUT2D eigenvalue weighted by Crippen LogP contribution is -2.38. The molecular weight excluding hydrogens is 457 g/mol. The van der Waals surface area contributed by atoms with Gasteiger partial charge in [-0.15, -0.1) is 24.0 Å². The molecule has 0 unspecified atom stereocenters. The fourth-order valence-corrected chi connectivity index (χ4v) is 2.42. The van der Waals surface area contributed by atoms with E-state index in [1.54, 1.807) is 0 Å². The number of guanidine groups is 1. The molecule has 0 spiro atoms. The minimum absolute atomic E-state index is 0. The number of nitrogens with zero attached hydrogens (tertiary/aromatic N) is 1. The molecule has 0 amide bonds. The lowest BCUT2D eigenvalue weighted by molar-refractivity contribution is 0.146. The van der Waals surface area contributed by atoms with Crippen molar-refractivity contribution in [1.82, 2.24) is 10.6 Å². The maximum absolute atomic E-state index is 5.69. The van der Waals surface area contributed by atoms with Crippen LogP contribution >= 0.6 is 24.0 Å². The molecule has 2 N–H and O–H groups in total. The first-order chi connectivity index (χ1) is 12.7. The van der Waals surface area contributed by atoms with Crippen LogP contribution in [0.3, 0.4) is 0 Å². The van der Waals surface area contributed by atoms with E-state index in [0.29, 0.717) is 13.2 Å². The Morgan fingerprint density at radius 3 is 2.37 bits per heavy atom. The van der Waals surface area contributed by atoms with E-state index in [1.807, 2.05) is 26.8 Å². The normalized spacial score (nSPS) is 10.9. The summed E-state index contributed by atoms with van der Waals surface area (Å²) >= 11 is 0. The fraction of sp³-hybridized carbons (Fsp3) is 0.650. The van der Waals surface area contributed by atoms with Crippen molar-refractivity contribution in [3.05, 3.63) is 23.8 Å². The van der Waals surface area contributed by atoms with Crippen LogP contribution < -0.4 is 20.1 Å². The summed E-state index contributed by atoms with van der Waals surface area (Å²) in [5.41, 5.74) is 1.21. The number of benzene rings is 1. The highest BCUT2D eigenvalue weighted by molar-refractivity contribution is 14.0.